The Morgan fingerprint density at radius 3 is 2.13 bits per heavy atom. The fourth-order valence-electron chi connectivity index (χ4n) is 3.45. The van der Waals surface area contributed by atoms with Gasteiger partial charge >= 0.3 is 0 Å². The summed E-state index contributed by atoms with van der Waals surface area (Å²) in [5, 5.41) is 9.36. The molecule has 0 amide bonds. The molecule has 2 nitrogen and oxygen atoms in total. The zero-order valence-electron chi connectivity index (χ0n) is 10.2. The van der Waals surface area contributed by atoms with Crippen LogP contribution in [-0.2, 0) is 0 Å². The maximum atomic E-state index is 9.36. The summed E-state index contributed by atoms with van der Waals surface area (Å²) in [6.07, 6.45) is 7.46. The van der Waals surface area contributed by atoms with Crippen molar-refractivity contribution in [1.29, 1.82) is 0 Å². The molecule has 0 aromatic rings. The third-order valence-electron chi connectivity index (χ3n) is 4.17. The van der Waals surface area contributed by atoms with Crippen LogP contribution in [0.15, 0.2) is 0 Å². The quantitative estimate of drug-likeness (QED) is 0.755. The van der Waals surface area contributed by atoms with Crippen LogP contribution in [0, 0.1) is 5.41 Å². The van der Waals surface area contributed by atoms with E-state index in [4.69, 9.17) is 0 Å². The molecule has 15 heavy (non-hydrogen) atoms. The van der Waals surface area contributed by atoms with Gasteiger partial charge in [-0.15, -0.1) is 0 Å². The number of nitrogens with zero attached hydrogens (tertiary/aromatic N) is 1. The van der Waals surface area contributed by atoms with Crippen LogP contribution < -0.4 is 0 Å². The molecule has 0 aromatic heterocycles. The minimum atomic E-state index is 0.0166. The maximum absolute atomic E-state index is 9.36. The molecule has 1 spiro atoms. The average molecular weight is 211 g/mol. The van der Waals surface area contributed by atoms with E-state index in [1.54, 1.807) is 0 Å². The summed E-state index contributed by atoms with van der Waals surface area (Å²) >= 11 is 0. The molecule has 88 valence electrons. The van der Waals surface area contributed by atoms with Gasteiger partial charge in [0.05, 0.1) is 6.10 Å². The molecule has 1 saturated heterocycles. The molecule has 1 aliphatic heterocycles. The van der Waals surface area contributed by atoms with Crippen LogP contribution in [0.3, 0.4) is 0 Å². The fraction of sp³-hybridized carbons (Fsp3) is 1.00. The summed E-state index contributed by atoms with van der Waals surface area (Å²) < 4.78 is 0. The highest BCUT2D eigenvalue weighted by molar-refractivity contribution is 5.05. The molecule has 2 rings (SSSR count). The van der Waals surface area contributed by atoms with E-state index in [1.165, 1.54) is 38.8 Å². The van der Waals surface area contributed by atoms with E-state index in [1.807, 2.05) is 0 Å². The van der Waals surface area contributed by atoms with E-state index in [-0.39, 0.29) is 6.10 Å². The molecule has 0 aromatic carbocycles. The normalized spacial score (nSPS) is 25.6. The number of aliphatic hydroxyl groups excluding tert-OH is 1. The Bertz CT molecular complexity index is 197. The van der Waals surface area contributed by atoms with Crippen molar-refractivity contribution in [3.63, 3.8) is 0 Å². The van der Waals surface area contributed by atoms with Gasteiger partial charge in [0, 0.05) is 24.5 Å². The van der Waals surface area contributed by atoms with Crippen LogP contribution in [0.4, 0.5) is 0 Å². The van der Waals surface area contributed by atoms with Gasteiger partial charge in [-0.05, 0) is 25.7 Å². The first-order valence-electron chi connectivity index (χ1n) is 6.61. The number of rotatable bonds is 5. The van der Waals surface area contributed by atoms with Crippen molar-refractivity contribution < 1.29 is 5.11 Å². The fourth-order valence-corrected chi connectivity index (χ4v) is 3.45. The Labute approximate surface area is 93.7 Å². The topological polar surface area (TPSA) is 23.5 Å². The van der Waals surface area contributed by atoms with Gasteiger partial charge < -0.3 is 5.11 Å². The number of hydrogen-bond acceptors (Lipinski definition) is 2. The summed E-state index contributed by atoms with van der Waals surface area (Å²) in [6.45, 7) is 7.08. The van der Waals surface area contributed by atoms with Crippen molar-refractivity contribution in [3.8, 4) is 0 Å². The molecular formula is C13H25NO. The lowest BCUT2D eigenvalue weighted by Crippen LogP contribution is -2.65. The van der Waals surface area contributed by atoms with Crippen LogP contribution in [0.2, 0.25) is 0 Å². The zero-order valence-corrected chi connectivity index (χ0v) is 10.2. The van der Waals surface area contributed by atoms with Crippen LogP contribution in [0.5, 0.6) is 0 Å². The van der Waals surface area contributed by atoms with E-state index in [0.717, 1.165) is 18.9 Å². The SMILES string of the molecule is CCCC(CCC)N1CC2(CC(O)C2)C1. The first kappa shape index (κ1) is 11.4. The zero-order chi connectivity index (χ0) is 10.9. The van der Waals surface area contributed by atoms with Crippen LogP contribution >= 0.6 is 0 Å². The van der Waals surface area contributed by atoms with Gasteiger partial charge in [-0.3, -0.25) is 4.90 Å². The van der Waals surface area contributed by atoms with Gasteiger partial charge in [0.25, 0.3) is 0 Å². The minimum absolute atomic E-state index is 0.0166. The lowest BCUT2D eigenvalue weighted by Gasteiger charge is -2.60. The summed E-state index contributed by atoms with van der Waals surface area (Å²) in [6, 6.07) is 0.823. The molecule has 1 aliphatic carbocycles. The minimum Gasteiger partial charge on any atom is -0.393 e. The Morgan fingerprint density at radius 1 is 1.20 bits per heavy atom. The van der Waals surface area contributed by atoms with Crippen LogP contribution in [0.25, 0.3) is 0 Å². The molecule has 0 radical (unpaired) electrons. The molecule has 2 fully saturated rings. The summed E-state index contributed by atoms with van der Waals surface area (Å²) in [7, 11) is 0. The Hall–Kier alpha value is -0.0800. The van der Waals surface area contributed by atoms with E-state index >= 15 is 0 Å². The predicted molar refractivity (Wildman–Crippen MR) is 62.9 cm³/mol. The van der Waals surface area contributed by atoms with E-state index in [0.29, 0.717) is 5.41 Å². The van der Waals surface area contributed by atoms with Crippen molar-refractivity contribution in [2.45, 2.75) is 64.5 Å². The van der Waals surface area contributed by atoms with Gasteiger partial charge in [0.15, 0.2) is 0 Å². The van der Waals surface area contributed by atoms with Gasteiger partial charge in [-0.2, -0.15) is 0 Å². The molecule has 0 bridgehead atoms. The van der Waals surface area contributed by atoms with Crippen molar-refractivity contribution in [3.05, 3.63) is 0 Å². The molecular weight excluding hydrogens is 186 g/mol. The molecule has 2 aliphatic rings. The molecule has 0 unspecified atom stereocenters. The summed E-state index contributed by atoms with van der Waals surface area (Å²) in [4.78, 5) is 2.65. The predicted octanol–water partition coefficient (Wildman–Crippen LogP) is 2.41. The lowest BCUT2D eigenvalue weighted by molar-refractivity contribution is -0.143. The van der Waals surface area contributed by atoms with Crippen molar-refractivity contribution >= 4 is 0 Å². The van der Waals surface area contributed by atoms with E-state index in [2.05, 4.69) is 18.7 Å². The second kappa shape index (κ2) is 4.42. The second-order valence-corrected chi connectivity index (χ2v) is 5.70. The smallest absolute Gasteiger partial charge is 0.0552 e. The van der Waals surface area contributed by atoms with Crippen LogP contribution in [-0.4, -0.2) is 35.2 Å². The summed E-state index contributed by atoms with van der Waals surface area (Å²) in [5.74, 6) is 0. The number of aliphatic hydroxyl groups is 1. The molecule has 1 heterocycles. The third kappa shape index (κ3) is 2.21. The molecule has 1 saturated carbocycles. The molecule has 2 heteroatoms. The van der Waals surface area contributed by atoms with E-state index in [9.17, 15) is 5.11 Å². The number of hydrogen-bond donors (Lipinski definition) is 1. The highest BCUT2D eigenvalue weighted by Crippen LogP contribution is 2.49. The van der Waals surface area contributed by atoms with Gasteiger partial charge in [0.1, 0.15) is 0 Å². The number of likely N-dealkylation sites (tertiary alicyclic amines) is 1. The first-order chi connectivity index (χ1) is 7.19. The summed E-state index contributed by atoms with van der Waals surface area (Å²) in [5.41, 5.74) is 0.541. The molecule has 0 atom stereocenters. The maximum Gasteiger partial charge on any atom is 0.0552 e. The highest BCUT2D eigenvalue weighted by atomic mass is 16.3. The van der Waals surface area contributed by atoms with Crippen LogP contribution in [0.1, 0.15) is 52.4 Å². The second-order valence-electron chi connectivity index (χ2n) is 5.70. The standard InChI is InChI=1S/C13H25NO/c1-3-5-11(6-4-2)14-9-13(10-14)7-12(15)8-13/h11-12,15H,3-10H2,1-2H3. The van der Waals surface area contributed by atoms with Crippen molar-refractivity contribution in [1.82, 2.24) is 4.90 Å². The van der Waals surface area contributed by atoms with Gasteiger partial charge in [-0.25, -0.2) is 0 Å². The first-order valence-corrected chi connectivity index (χ1v) is 6.61. The van der Waals surface area contributed by atoms with E-state index < -0.39 is 0 Å². The monoisotopic (exact) mass is 211 g/mol. The largest absolute Gasteiger partial charge is 0.393 e. The van der Waals surface area contributed by atoms with Crippen molar-refractivity contribution in [2.24, 2.45) is 5.41 Å². The van der Waals surface area contributed by atoms with Gasteiger partial charge in [-0.1, -0.05) is 26.7 Å². The average Bonchev–Trinajstić information content (AvgIpc) is 2.09. The van der Waals surface area contributed by atoms with Gasteiger partial charge in [0.2, 0.25) is 0 Å². The lowest BCUT2D eigenvalue weighted by atomic mass is 9.61. The van der Waals surface area contributed by atoms with Crippen molar-refractivity contribution in [2.75, 3.05) is 13.1 Å². The Kier molecular flexibility index (Phi) is 3.36. The Balaban J connectivity index is 1.76. The molecule has 1 N–H and O–H groups in total. The Morgan fingerprint density at radius 2 is 1.73 bits per heavy atom. The third-order valence-corrected chi connectivity index (χ3v) is 4.17. The highest BCUT2D eigenvalue weighted by Gasteiger charge is 2.52.